The van der Waals surface area contributed by atoms with Crippen molar-refractivity contribution in [2.24, 2.45) is 0 Å². The van der Waals surface area contributed by atoms with Crippen molar-refractivity contribution in [1.29, 1.82) is 0 Å². The van der Waals surface area contributed by atoms with Crippen molar-refractivity contribution in [1.82, 2.24) is 10.2 Å². The van der Waals surface area contributed by atoms with Crippen LogP contribution < -0.4 is 10.1 Å². The maximum absolute atomic E-state index is 13.8. The van der Waals surface area contributed by atoms with Crippen molar-refractivity contribution in [2.45, 2.75) is 61.8 Å². The van der Waals surface area contributed by atoms with Crippen molar-refractivity contribution < 1.29 is 53.5 Å². The maximum atomic E-state index is 13.8. The molecule has 1 unspecified atom stereocenters. The lowest BCUT2D eigenvalue weighted by Crippen LogP contribution is -2.53. The number of aliphatic hydroxyl groups is 1. The zero-order chi connectivity index (χ0) is 32.2. The number of phenolic OH excluding ortho intramolecular Hbond substituents is 2. The monoisotopic (exact) mass is 640 g/mol. The summed E-state index contributed by atoms with van der Waals surface area (Å²) in [5, 5.41) is 36.7. The van der Waals surface area contributed by atoms with E-state index in [9.17, 15) is 39.3 Å². The van der Waals surface area contributed by atoms with E-state index in [1.165, 1.54) is 25.3 Å². The molecule has 6 rings (SSSR count). The normalized spacial score (nSPS) is 25.9. The van der Waals surface area contributed by atoms with Gasteiger partial charge in [0, 0.05) is 55.6 Å². The predicted octanol–water partition coefficient (Wildman–Crippen LogP) is 1.32. The first-order valence-corrected chi connectivity index (χ1v) is 15.2. The van der Waals surface area contributed by atoms with Gasteiger partial charge >= 0.3 is 0 Å². The minimum Gasteiger partial charge on any atom is -0.507 e. The number of methoxy groups -OCH3 is 1. The number of fused-ring (bicyclic) bond motifs is 3. The third-order valence-electron chi connectivity index (χ3n) is 8.79. The molecule has 14 heteroatoms. The highest BCUT2D eigenvalue weighted by Gasteiger charge is 2.50. The van der Waals surface area contributed by atoms with Crippen LogP contribution in [-0.2, 0) is 30.3 Å². The number of hydrogen-bond donors (Lipinski definition) is 5. The lowest BCUT2D eigenvalue weighted by atomic mass is 9.72. The number of amides is 3. The molecule has 2 aliphatic heterocycles. The average Bonchev–Trinajstić information content (AvgIpc) is 3.27. The van der Waals surface area contributed by atoms with Crippen molar-refractivity contribution >= 4 is 41.9 Å². The molecule has 238 valence electrons. The molecule has 2 aliphatic carbocycles. The Morgan fingerprint density at radius 2 is 1.87 bits per heavy atom. The molecule has 0 aromatic heterocycles. The lowest BCUT2D eigenvalue weighted by molar-refractivity contribution is -0.204. The van der Waals surface area contributed by atoms with E-state index in [-0.39, 0.29) is 47.5 Å². The second-order valence-electron chi connectivity index (χ2n) is 11.6. The number of nitrogens with zero attached hydrogens (tertiary/aromatic N) is 1. The summed E-state index contributed by atoms with van der Waals surface area (Å²) in [5.74, 6) is -4.44. The van der Waals surface area contributed by atoms with E-state index < -0.39 is 88.0 Å². The molecular formula is C31H32N2O11S. The van der Waals surface area contributed by atoms with Gasteiger partial charge in [-0.3, -0.25) is 28.9 Å². The Bertz CT molecular complexity index is 1640. The van der Waals surface area contributed by atoms with Crippen LogP contribution in [0.5, 0.6) is 17.2 Å². The van der Waals surface area contributed by atoms with Crippen LogP contribution in [0.15, 0.2) is 18.2 Å². The molecule has 0 radical (unpaired) electrons. The highest BCUT2D eigenvalue weighted by molar-refractivity contribution is 7.81. The van der Waals surface area contributed by atoms with Gasteiger partial charge in [0.2, 0.25) is 17.6 Å². The van der Waals surface area contributed by atoms with Gasteiger partial charge in [-0.05, 0) is 25.3 Å². The summed E-state index contributed by atoms with van der Waals surface area (Å²) in [6, 6.07) is 4.42. The Balaban J connectivity index is 1.37. The highest BCUT2D eigenvalue weighted by Crippen LogP contribution is 2.52. The van der Waals surface area contributed by atoms with E-state index in [4.69, 9.17) is 14.2 Å². The first kappa shape index (κ1) is 31.0. The third kappa shape index (κ3) is 5.15. The average molecular weight is 641 g/mol. The van der Waals surface area contributed by atoms with E-state index in [1.807, 2.05) is 0 Å². The van der Waals surface area contributed by atoms with E-state index in [2.05, 4.69) is 17.9 Å². The van der Waals surface area contributed by atoms with Crippen molar-refractivity contribution in [2.75, 3.05) is 26.8 Å². The minimum atomic E-state index is -2.22. The number of carbonyl (C=O) groups excluding carboxylic acids is 5. The van der Waals surface area contributed by atoms with Crippen LogP contribution in [0.25, 0.3) is 0 Å². The topological polar surface area (TPSA) is 189 Å². The van der Waals surface area contributed by atoms with Crippen LogP contribution in [0.1, 0.15) is 81.2 Å². The van der Waals surface area contributed by atoms with Crippen LogP contribution in [0.3, 0.4) is 0 Å². The molecule has 2 fully saturated rings. The van der Waals surface area contributed by atoms with Crippen LogP contribution in [0.2, 0.25) is 0 Å². The number of ketones is 2. The number of imide groups is 1. The molecule has 3 amide bonds. The molecule has 0 spiro atoms. The molecule has 4 aliphatic rings. The number of phenols is 2. The molecule has 2 heterocycles. The molecule has 2 aromatic rings. The Morgan fingerprint density at radius 1 is 1.11 bits per heavy atom. The summed E-state index contributed by atoms with van der Waals surface area (Å²) in [5.41, 5.74) is -3.38. The Kier molecular flexibility index (Phi) is 8.10. The van der Waals surface area contributed by atoms with Gasteiger partial charge < -0.3 is 34.8 Å². The number of ether oxygens (including phenoxy) is 3. The fourth-order valence-electron chi connectivity index (χ4n) is 6.56. The molecular weight excluding hydrogens is 608 g/mol. The maximum Gasteiger partial charge on any atom is 0.252 e. The molecule has 0 bridgehead atoms. The van der Waals surface area contributed by atoms with Gasteiger partial charge in [-0.15, -0.1) is 0 Å². The summed E-state index contributed by atoms with van der Waals surface area (Å²) >= 11 is 4.09. The number of nitrogens with one attached hydrogen (secondary N) is 1. The Hall–Kier alpha value is -3.98. The van der Waals surface area contributed by atoms with Crippen LogP contribution >= 0.6 is 12.6 Å². The quantitative estimate of drug-likeness (QED) is 0.142. The molecule has 13 nitrogen and oxygen atoms in total. The molecule has 0 saturated carbocycles. The second kappa shape index (κ2) is 11.7. The number of rotatable bonds is 7. The van der Waals surface area contributed by atoms with Gasteiger partial charge in [-0.1, -0.05) is 12.1 Å². The number of thiol groups is 1. The number of benzene rings is 2. The zero-order valence-corrected chi connectivity index (χ0v) is 25.2. The minimum absolute atomic E-state index is 0.0366. The third-order valence-corrected chi connectivity index (χ3v) is 9.20. The first-order valence-electron chi connectivity index (χ1n) is 14.6. The fourth-order valence-corrected chi connectivity index (χ4v) is 6.85. The second-order valence-corrected chi connectivity index (χ2v) is 12.2. The number of hydrogen-bond acceptors (Lipinski definition) is 12. The standard InChI is InChI=1S/C31H32N2O11S/c1-42-16-6-4-5-14-21(16)27(37)24-23(25(14)35)26(36)15-12-31(41,30(40)32-8-9-33-19(34)11-18(45)29(33)39)13-17(22(15)28(24)38)44-20-7-2-3-10-43-20/h4-6,17-18,20,36,38,41,45H,2-3,7-13H2,1H3,(H,32,40)/t17-,18?,20-,31-/m0/s1. The van der Waals surface area contributed by atoms with Crippen molar-refractivity contribution in [3.05, 3.63) is 51.6 Å². The summed E-state index contributed by atoms with van der Waals surface area (Å²) in [6.45, 7) is 0.0966. The van der Waals surface area contributed by atoms with Crippen LogP contribution in [0, 0.1) is 0 Å². The van der Waals surface area contributed by atoms with E-state index in [0.717, 1.165) is 17.7 Å². The SMILES string of the molecule is COc1cccc2c1C(=O)c1c(O)c3c(c(O)c1C2=O)C[C@@](O)(C(=O)NCCN1C(=O)CC(S)C1=O)C[C@@H]3O[C@H]1CCCCO1. The summed E-state index contributed by atoms with van der Waals surface area (Å²) in [6.07, 6.45) is -0.929. The van der Waals surface area contributed by atoms with Crippen LogP contribution in [-0.4, -0.2) is 93.5 Å². The van der Waals surface area contributed by atoms with Gasteiger partial charge in [-0.25, -0.2) is 0 Å². The molecule has 45 heavy (non-hydrogen) atoms. The number of carbonyl (C=O) groups is 5. The zero-order valence-electron chi connectivity index (χ0n) is 24.3. The van der Waals surface area contributed by atoms with Gasteiger partial charge in [0.15, 0.2) is 12.1 Å². The summed E-state index contributed by atoms with van der Waals surface area (Å²) < 4.78 is 17.2. The highest BCUT2D eigenvalue weighted by atomic mass is 32.1. The van der Waals surface area contributed by atoms with Crippen LogP contribution in [0.4, 0.5) is 0 Å². The van der Waals surface area contributed by atoms with Gasteiger partial charge in [0.25, 0.3) is 5.91 Å². The largest absolute Gasteiger partial charge is 0.507 e. The lowest BCUT2D eigenvalue weighted by Gasteiger charge is -2.40. The molecule has 4 N–H and O–H groups in total. The fraction of sp³-hybridized carbons (Fsp3) is 0.452. The summed E-state index contributed by atoms with van der Waals surface area (Å²) in [4.78, 5) is 66.2. The predicted molar refractivity (Wildman–Crippen MR) is 157 cm³/mol. The van der Waals surface area contributed by atoms with Crippen molar-refractivity contribution in [3.63, 3.8) is 0 Å². The summed E-state index contributed by atoms with van der Waals surface area (Å²) in [7, 11) is 1.34. The van der Waals surface area contributed by atoms with Gasteiger partial charge in [0.05, 0.1) is 35.2 Å². The molecule has 2 saturated heterocycles. The van der Waals surface area contributed by atoms with Gasteiger partial charge in [0.1, 0.15) is 22.8 Å². The number of aromatic hydroxyl groups is 2. The van der Waals surface area contributed by atoms with Crippen molar-refractivity contribution in [3.8, 4) is 17.2 Å². The Morgan fingerprint density at radius 3 is 2.53 bits per heavy atom. The first-order chi connectivity index (χ1) is 21.5. The van der Waals surface area contributed by atoms with Gasteiger partial charge in [-0.2, -0.15) is 12.6 Å². The van der Waals surface area contributed by atoms with E-state index in [1.54, 1.807) is 0 Å². The van der Waals surface area contributed by atoms with E-state index >= 15 is 0 Å². The number of likely N-dealkylation sites (tertiary alicyclic amines) is 1. The molecule has 2 aromatic carbocycles. The van der Waals surface area contributed by atoms with E-state index in [0.29, 0.717) is 13.0 Å². The molecule has 4 atom stereocenters. The smallest absolute Gasteiger partial charge is 0.252 e. The Labute approximate surface area is 262 Å².